The van der Waals surface area contributed by atoms with Crippen molar-refractivity contribution in [3.05, 3.63) is 17.5 Å². The number of aromatic nitrogens is 2. The molecule has 2 heterocycles. The third-order valence-corrected chi connectivity index (χ3v) is 4.25. The highest BCUT2D eigenvalue weighted by Crippen LogP contribution is 2.34. The lowest BCUT2D eigenvalue weighted by Gasteiger charge is -2.43. The van der Waals surface area contributed by atoms with Gasteiger partial charge in [-0.25, -0.2) is 0 Å². The molecule has 1 N–H and O–H groups in total. The first-order valence-electron chi connectivity index (χ1n) is 6.63. The van der Waals surface area contributed by atoms with Crippen molar-refractivity contribution in [3.8, 4) is 0 Å². The summed E-state index contributed by atoms with van der Waals surface area (Å²) < 4.78 is 0. The summed E-state index contributed by atoms with van der Waals surface area (Å²) in [5.74, 6) is 0.869. The quantitative estimate of drug-likeness (QED) is 0.825. The van der Waals surface area contributed by atoms with Gasteiger partial charge in [-0.15, -0.1) is 0 Å². The molecule has 0 amide bonds. The second kappa shape index (κ2) is 4.21. The molecule has 0 saturated carbocycles. The maximum absolute atomic E-state index is 4.19. The van der Waals surface area contributed by atoms with E-state index in [2.05, 4.69) is 22.0 Å². The number of hydrogen-bond acceptors (Lipinski definition) is 2. The fourth-order valence-electron chi connectivity index (χ4n) is 3.49. The highest BCUT2D eigenvalue weighted by atomic mass is 15.2. The van der Waals surface area contributed by atoms with E-state index in [0.717, 1.165) is 12.0 Å². The number of piperidine rings is 1. The van der Waals surface area contributed by atoms with Crippen molar-refractivity contribution in [2.24, 2.45) is 5.92 Å². The third kappa shape index (κ3) is 1.67. The van der Waals surface area contributed by atoms with E-state index in [0.29, 0.717) is 0 Å². The Balaban J connectivity index is 1.81. The Hall–Kier alpha value is -0.830. The normalized spacial score (nSPS) is 29.8. The van der Waals surface area contributed by atoms with Crippen LogP contribution in [-0.4, -0.2) is 34.2 Å². The summed E-state index contributed by atoms with van der Waals surface area (Å²) >= 11 is 0. The summed E-state index contributed by atoms with van der Waals surface area (Å²) in [6.07, 6.45) is 8.54. The number of H-pyrrole nitrogens is 1. The molecule has 88 valence electrons. The van der Waals surface area contributed by atoms with E-state index in [1.54, 1.807) is 0 Å². The maximum Gasteiger partial charge on any atom is 0.0522 e. The summed E-state index contributed by atoms with van der Waals surface area (Å²) in [7, 11) is 0. The van der Waals surface area contributed by atoms with Crippen LogP contribution in [0.1, 0.15) is 37.4 Å². The molecule has 2 atom stereocenters. The fraction of sp³-hybridized carbons (Fsp3) is 0.769. The van der Waals surface area contributed by atoms with Crippen LogP contribution < -0.4 is 0 Å². The number of fused-ring (bicyclic) bond motifs is 2. The number of nitrogens with zero attached hydrogens (tertiary/aromatic N) is 2. The first-order valence-corrected chi connectivity index (χ1v) is 6.63. The number of likely N-dealkylation sites (tertiary alicyclic amines) is 1. The lowest BCUT2D eigenvalue weighted by molar-refractivity contribution is 0.0850. The number of aromatic amines is 1. The Morgan fingerprint density at radius 3 is 3.31 bits per heavy atom. The Morgan fingerprint density at radius 1 is 1.50 bits per heavy atom. The summed E-state index contributed by atoms with van der Waals surface area (Å²) in [6, 6.07) is 0.791. The minimum Gasteiger partial charge on any atom is -0.300 e. The van der Waals surface area contributed by atoms with Crippen molar-refractivity contribution in [2.45, 2.75) is 45.1 Å². The van der Waals surface area contributed by atoms with Crippen LogP contribution in [-0.2, 0) is 12.8 Å². The molecule has 0 bridgehead atoms. The molecule has 1 aromatic heterocycles. The number of hydrogen-bond donors (Lipinski definition) is 1. The van der Waals surface area contributed by atoms with Crippen molar-refractivity contribution in [1.29, 1.82) is 0 Å². The molecular weight excluding hydrogens is 198 g/mol. The maximum atomic E-state index is 4.19. The lowest BCUT2D eigenvalue weighted by atomic mass is 9.77. The average molecular weight is 219 g/mol. The smallest absolute Gasteiger partial charge is 0.0522 e. The van der Waals surface area contributed by atoms with Crippen LogP contribution in [0.3, 0.4) is 0 Å². The molecular formula is C13H21N3. The minimum absolute atomic E-state index is 0.791. The van der Waals surface area contributed by atoms with Crippen molar-refractivity contribution in [2.75, 3.05) is 13.1 Å². The van der Waals surface area contributed by atoms with E-state index in [1.807, 2.05) is 6.20 Å². The molecule has 0 aromatic carbocycles. The van der Waals surface area contributed by atoms with E-state index in [9.17, 15) is 0 Å². The first kappa shape index (κ1) is 10.3. The number of nitrogens with one attached hydrogen (secondary N) is 1. The van der Waals surface area contributed by atoms with Gasteiger partial charge in [-0.3, -0.25) is 10.00 Å². The highest BCUT2D eigenvalue weighted by molar-refractivity contribution is 5.23. The van der Waals surface area contributed by atoms with Gasteiger partial charge in [0.1, 0.15) is 0 Å². The monoisotopic (exact) mass is 219 g/mol. The predicted molar refractivity (Wildman–Crippen MR) is 64.4 cm³/mol. The van der Waals surface area contributed by atoms with Crippen LogP contribution in [0.15, 0.2) is 6.20 Å². The number of rotatable bonds is 2. The predicted octanol–water partition coefficient (Wildman–Crippen LogP) is 2.00. The zero-order valence-electron chi connectivity index (χ0n) is 10.1. The van der Waals surface area contributed by atoms with Gasteiger partial charge < -0.3 is 0 Å². The summed E-state index contributed by atoms with van der Waals surface area (Å²) in [5, 5.41) is 7.36. The van der Waals surface area contributed by atoms with Crippen molar-refractivity contribution in [1.82, 2.24) is 15.1 Å². The van der Waals surface area contributed by atoms with Gasteiger partial charge in [-0.05, 0) is 56.7 Å². The van der Waals surface area contributed by atoms with Crippen LogP contribution in [0, 0.1) is 5.92 Å². The molecule has 1 aromatic rings. The summed E-state index contributed by atoms with van der Waals surface area (Å²) in [4.78, 5) is 2.71. The van der Waals surface area contributed by atoms with Gasteiger partial charge in [0, 0.05) is 11.7 Å². The van der Waals surface area contributed by atoms with Crippen LogP contribution in [0.4, 0.5) is 0 Å². The molecule has 3 rings (SSSR count). The largest absolute Gasteiger partial charge is 0.300 e. The van der Waals surface area contributed by atoms with Gasteiger partial charge in [0.15, 0.2) is 0 Å². The molecule has 3 nitrogen and oxygen atoms in total. The van der Waals surface area contributed by atoms with E-state index < -0.39 is 0 Å². The Labute approximate surface area is 97.2 Å². The van der Waals surface area contributed by atoms with Crippen LogP contribution >= 0.6 is 0 Å². The molecule has 1 aliphatic carbocycles. The molecule has 1 saturated heterocycles. The molecule has 0 radical (unpaired) electrons. The van der Waals surface area contributed by atoms with Crippen molar-refractivity contribution in [3.63, 3.8) is 0 Å². The molecule has 1 fully saturated rings. The van der Waals surface area contributed by atoms with Gasteiger partial charge >= 0.3 is 0 Å². The average Bonchev–Trinajstić information content (AvgIpc) is 2.74. The van der Waals surface area contributed by atoms with Crippen LogP contribution in [0.25, 0.3) is 0 Å². The molecule has 16 heavy (non-hydrogen) atoms. The Kier molecular flexibility index (Phi) is 2.72. The van der Waals surface area contributed by atoms with Gasteiger partial charge in [0.2, 0.25) is 0 Å². The second-order valence-electron chi connectivity index (χ2n) is 5.29. The topological polar surface area (TPSA) is 31.9 Å². The van der Waals surface area contributed by atoms with Crippen LogP contribution in [0.5, 0.6) is 0 Å². The lowest BCUT2D eigenvalue weighted by Crippen LogP contribution is -2.49. The van der Waals surface area contributed by atoms with Gasteiger partial charge in [-0.1, -0.05) is 6.92 Å². The first-order chi connectivity index (χ1) is 7.88. The molecule has 3 heteroatoms. The van der Waals surface area contributed by atoms with E-state index >= 15 is 0 Å². The Bertz CT molecular complexity index is 356. The van der Waals surface area contributed by atoms with Gasteiger partial charge in [0.25, 0.3) is 0 Å². The Morgan fingerprint density at radius 2 is 2.44 bits per heavy atom. The molecule has 0 spiro atoms. The standard InChI is InChI=1S/C13H21N3/c1-2-5-16-6-3-4-10-7-12-11(8-13(10)16)9-14-15-12/h9-10,13H,2-8H2,1H3,(H,14,15)/t10-,13+/m1/s1. The molecule has 2 aliphatic rings. The van der Waals surface area contributed by atoms with Crippen LogP contribution in [0.2, 0.25) is 0 Å². The molecule has 1 aliphatic heterocycles. The third-order valence-electron chi connectivity index (χ3n) is 4.25. The van der Waals surface area contributed by atoms with E-state index in [1.165, 1.54) is 56.5 Å². The fourth-order valence-corrected chi connectivity index (χ4v) is 3.49. The highest BCUT2D eigenvalue weighted by Gasteiger charge is 2.35. The summed E-state index contributed by atoms with van der Waals surface area (Å²) in [5.41, 5.74) is 2.86. The molecule has 0 unspecified atom stereocenters. The van der Waals surface area contributed by atoms with Gasteiger partial charge in [-0.2, -0.15) is 5.10 Å². The van der Waals surface area contributed by atoms with E-state index in [-0.39, 0.29) is 0 Å². The summed E-state index contributed by atoms with van der Waals surface area (Å²) in [6.45, 7) is 4.87. The van der Waals surface area contributed by atoms with E-state index in [4.69, 9.17) is 0 Å². The zero-order valence-corrected chi connectivity index (χ0v) is 10.1. The minimum atomic E-state index is 0.791. The zero-order chi connectivity index (χ0) is 11.0. The van der Waals surface area contributed by atoms with Gasteiger partial charge in [0.05, 0.1) is 6.20 Å². The second-order valence-corrected chi connectivity index (χ2v) is 5.29. The SMILES string of the molecule is CCCN1CCC[C@@H]2Cc3[nH]ncc3C[C@@H]21. The van der Waals surface area contributed by atoms with Crippen molar-refractivity contribution >= 4 is 0 Å². The van der Waals surface area contributed by atoms with Crippen molar-refractivity contribution < 1.29 is 0 Å².